The van der Waals surface area contributed by atoms with E-state index >= 15 is 0 Å². The van der Waals surface area contributed by atoms with Crippen molar-refractivity contribution >= 4 is 32.3 Å². The summed E-state index contributed by atoms with van der Waals surface area (Å²) < 4.78 is 1.03. The van der Waals surface area contributed by atoms with Gasteiger partial charge < -0.3 is 5.73 Å². The zero-order valence-corrected chi connectivity index (χ0v) is 11.7. The number of benzene rings is 1. The van der Waals surface area contributed by atoms with Gasteiger partial charge >= 0.3 is 0 Å². The van der Waals surface area contributed by atoms with Gasteiger partial charge in [0.15, 0.2) is 0 Å². The summed E-state index contributed by atoms with van der Waals surface area (Å²) in [6.07, 6.45) is 0.891. The largest absolute Gasteiger partial charge is 0.389 e. The number of nitrogens with two attached hydrogens (primary N) is 1. The van der Waals surface area contributed by atoms with Crippen LogP contribution in [0.15, 0.2) is 28.7 Å². The number of anilines is 1. The number of rotatable bonds is 2. The molecule has 4 heteroatoms. The maximum atomic E-state index is 9.19. The van der Waals surface area contributed by atoms with E-state index in [0.717, 1.165) is 22.0 Å². The van der Waals surface area contributed by atoms with E-state index in [1.807, 2.05) is 24.3 Å². The predicted molar refractivity (Wildman–Crippen MR) is 76.0 cm³/mol. The van der Waals surface area contributed by atoms with E-state index in [9.17, 15) is 5.26 Å². The molecule has 2 rings (SSSR count). The fraction of sp³-hybridized carbons (Fsp3) is 0.154. The van der Waals surface area contributed by atoms with Crippen molar-refractivity contribution < 1.29 is 0 Å². The first-order chi connectivity index (χ1) is 8.17. The lowest BCUT2D eigenvalue weighted by molar-refractivity contribution is 1.19. The van der Waals surface area contributed by atoms with E-state index in [1.54, 1.807) is 0 Å². The second kappa shape index (κ2) is 4.91. The number of thiophene rings is 1. The summed E-state index contributed by atoms with van der Waals surface area (Å²) >= 11 is 4.92. The summed E-state index contributed by atoms with van der Waals surface area (Å²) in [6.45, 7) is 2.08. The van der Waals surface area contributed by atoms with Crippen molar-refractivity contribution in [2.24, 2.45) is 0 Å². The lowest BCUT2D eigenvalue weighted by Crippen LogP contribution is -1.87. The van der Waals surface area contributed by atoms with Crippen LogP contribution in [-0.4, -0.2) is 0 Å². The van der Waals surface area contributed by atoms with Gasteiger partial charge in [-0.15, -0.1) is 11.3 Å². The molecule has 0 aliphatic carbocycles. The molecule has 0 saturated heterocycles. The number of hydrogen-bond donors (Lipinski definition) is 1. The Balaban J connectivity index is 2.65. The predicted octanol–water partition coefficient (Wildman–Crippen LogP) is 4.19. The van der Waals surface area contributed by atoms with Gasteiger partial charge in [-0.3, -0.25) is 0 Å². The third kappa shape index (κ3) is 2.21. The van der Waals surface area contributed by atoms with E-state index < -0.39 is 0 Å². The summed E-state index contributed by atoms with van der Waals surface area (Å²) in [7, 11) is 0. The molecule has 86 valence electrons. The van der Waals surface area contributed by atoms with Gasteiger partial charge in [0.05, 0.1) is 5.56 Å². The molecule has 1 aromatic carbocycles. The van der Waals surface area contributed by atoms with Gasteiger partial charge in [-0.2, -0.15) is 5.26 Å². The molecule has 0 fully saturated rings. The van der Waals surface area contributed by atoms with Crippen LogP contribution in [0.1, 0.15) is 17.4 Å². The van der Waals surface area contributed by atoms with Crippen molar-refractivity contribution in [2.75, 3.05) is 5.73 Å². The minimum absolute atomic E-state index is 0.606. The monoisotopic (exact) mass is 306 g/mol. The second-order valence-electron chi connectivity index (χ2n) is 3.61. The molecule has 2 nitrogen and oxygen atoms in total. The first-order valence-corrected chi connectivity index (χ1v) is 6.85. The molecule has 0 radical (unpaired) electrons. The lowest BCUT2D eigenvalue weighted by atomic mass is 10.0. The SMILES string of the molecule is CCc1sc(N)c(C#N)c1-c1ccc(Br)cc1. The first-order valence-electron chi connectivity index (χ1n) is 5.24. The van der Waals surface area contributed by atoms with Gasteiger partial charge in [0.25, 0.3) is 0 Å². The molecule has 0 amide bonds. The van der Waals surface area contributed by atoms with Gasteiger partial charge in [-0.25, -0.2) is 0 Å². The lowest BCUT2D eigenvalue weighted by Gasteiger charge is -2.03. The average Bonchev–Trinajstić information content (AvgIpc) is 2.66. The number of aryl methyl sites for hydroxylation is 1. The zero-order chi connectivity index (χ0) is 12.4. The molecule has 0 aliphatic rings. The maximum Gasteiger partial charge on any atom is 0.105 e. The second-order valence-corrected chi connectivity index (χ2v) is 5.66. The molecule has 2 N–H and O–H groups in total. The average molecular weight is 307 g/mol. The van der Waals surface area contributed by atoms with Crippen LogP contribution in [0.5, 0.6) is 0 Å². The van der Waals surface area contributed by atoms with Gasteiger partial charge in [0, 0.05) is 14.9 Å². The van der Waals surface area contributed by atoms with Crippen molar-refractivity contribution in [2.45, 2.75) is 13.3 Å². The number of nitriles is 1. The van der Waals surface area contributed by atoms with Crippen LogP contribution in [0.3, 0.4) is 0 Å². The van der Waals surface area contributed by atoms with Crippen LogP contribution in [0.4, 0.5) is 5.00 Å². The summed E-state index contributed by atoms with van der Waals surface area (Å²) in [5, 5.41) is 9.80. The number of halogens is 1. The maximum absolute atomic E-state index is 9.19. The zero-order valence-electron chi connectivity index (χ0n) is 9.33. The van der Waals surface area contributed by atoms with Gasteiger partial charge in [-0.05, 0) is 24.1 Å². The molecule has 0 aliphatic heterocycles. The summed E-state index contributed by atoms with van der Waals surface area (Å²) in [4.78, 5) is 1.17. The fourth-order valence-corrected chi connectivity index (χ4v) is 3.03. The minimum atomic E-state index is 0.606. The molecule has 1 aromatic heterocycles. The standard InChI is InChI=1S/C13H11BrN2S/c1-2-11-12(10(7-15)13(16)17-11)8-3-5-9(14)6-4-8/h3-6H,2,16H2,1H3. The molecule has 0 saturated carbocycles. The van der Waals surface area contributed by atoms with Crippen LogP contribution < -0.4 is 5.73 Å². The Morgan fingerprint density at radius 3 is 2.53 bits per heavy atom. The van der Waals surface area contributed by atoms with Crippen molar-refractivity contribution in [1.82, 2.24) is 0 Å². The topological polar surface area (TPSA) is 49.8 Å². The third-order valence-electron chi connectivity index (χ3n) is 2.57. The minimum Gasteiger partial charge on any atom is -0.389 e. The Morgan fingerprint density at radius 1 is 1.35 bits per heavy atom. The summed E-state index contributed by atoms with van der Waals surface area (Å²) in [5.41, 5.74) is 8.53. The van der Waals surface area contributed by atoms with Crippen molar-refractivity contribution in [3.63, 3.8) is 0 Å². The molecular formula is C13H11BrN2S. The Kier molecular flexibility index (Phi) is 3.51. The quantitative estimate of drug-likeness (QED) is 0.904. The molecule has 17 heavy (non-hydrogen) atoms. The molecule has 2 aromatic rings. The molecule has 0 spiro atoms. The van der Waals surface area contributed by atoms with E-state index in [0.29, 0.717) is 10.6 Å². The highest BCUT2D eigenvalue weighted by molar-refractivity contribution is 9.10. The molecular weight excluding hydrogens is 296 g/mol. The van der Waals surface area contributed by atoms with Crippen LogP contribution in [0.25, 0.3) is 11.1 Å². The smallest absolute Gasteiger partial charge is 0.105 e. The van der Waals surface area contributed by atoms with E-state index in [4.69, 9.17) is 5.73 Å². The summed E-state index contributed by atoms with van der Waals surface area (Å²) in [5.74, 6) is 0. The van der Waals surface area contributed by atoms with Gasteiger partial charge in [0.1, 0.15) is 11.1 Å². The fourth-order valence-electron chi connectivity index (χ4n) is 1.78. The van der Waals surface area contributed by atoms with Crippen LogP contribution >= 0.6 is 27.3 Å². The molecule has 0 unspecified atom stereocenters. The van der Waals surface area contributed by atoms with Crippen LogP contribution in [0, 0.1) is 11.3 Å². The molecule has 0 bridgehead atoms. The van der Waals surface area contributed by atoms with Gasteiger partial charge in [0.2, 0.25) is 0 Å². The van der Waals surface area contributed by atoms with Crippen molar-refractivity contribution in [3.05, 3.63) is 39.2 Å². The number of nitrogen functional groups attached to an aromatic ring is 1. The third-order valence-corrected chi connectivity index (χ3v) is 4.27. The Labute approximate surface area is 113 Å². The Morgan fingerprint density at radius 2 is 2.00 bits per heavy atom. The first kappa shape index (κ1) is 12.2. The van der Waals surface area contributed by atoms with Gasteiger partial charge in [-0.1, -0.05) is 35.0 Å². The normalized spacial score (nSPS) is 10.2. The molecule has 0 atom stereocenters. The van der Waals surface area contributed by atoms with Crippen molar-refractivity contribution in [3.8, 4) is 17.2 Å². The Hall–Kier alpha value is -1.31. The highest BCUT2D eigenvalue weighted by Crippen LogP contribution is 2.38. The summed E-state index contributed by atoms with van der Waals surface area (Å²) in [6, 6.07) is 10.2. The molecule has 1 heterocycles. The van der Waals surface area contributed by atoms with E-state index in [-0.39, 0.29) is 0 Å². The highest BCUT2D eigenvalue weighted by atomic mass is 79.9. The van der Waals surface area contributed by atoms with Crippen molar-refractivity contribution in [1.29, 1.82) is 5.26 Å². The Bertz CT molecular complexity index is 579. The highest BCUT2D eigenvalue weighted by Gasteiger charge is 2.16. The number of nitrogens with zero attached hydrogens (tertiary/aromatic N) is 1. The number of hydrogen-bond acceptors (Lipinski definition) is 3. The van der Waals surface area contributed by atoms with E-state index in [1.165, 1.54) is 16.2 Å². The van der Waals surface area contributed by atoms with E-state index in [2.05, 4.69) is 28.9 Å². The van der Waals surface area contributed by atoms with Crippen LogP contribution in [0.2, 0.25) is 0 Å². The van der Waals surface area contributed by atoms with Crippen LogP contribution in [-0.2, 0) is 6.42 Å².